The molecule has 0 saturated carbocycles. The number of carbonyl (C=O) groups excluding carboxylic acids is 7. The number of anilines is 1. The molecular formula is C50H49Cl2N13O11. The molecule has 2 aromatic carbocycles. The lowest BCUT2D eigenvalue weighted by molar-refractivity contribution is -0.136. The predicted molar refractivity (Wildman–Crippen MR) is 270 cm³/mol. The highest BCUT2D eigenvalue weighted by Crippen LogP contribution is 2.44. The number of rotatable bonds is 21. The molecule has 26 heteroatoms. The van der Waals surface area contributed by atoms with Crippen molar-refractivity contribution in [2.75, 3.05) is 32.3 Å². The number of aromatic nitrogens is 8. The summed E-state index contributed by atoms with van der Waals surface area (Å²) < 4.78 is 21.3. The number of halogens is 2. The van der Waals surface area contributed by atoms with Crippen molar-refractivity contribution in [3.8, 4) is 29.0 Å². The van der Waals surface area contributed by atoms with Crippen molar-refractivity contribution < 1.29 is 47.8 Å². The van der Waals surface area contributed by atoms with Gasteiger partial charge in [0.05, 0.1) is 54.4 Å². The summed E-state index contributed by atoms with van der Waals surface area (Å²) in [6.07, 6.45) is 7.24. The van der Waals surface area contributed by atoms with Gasteiger partial charge in [-0.2, -0.15) is 4.98 Å². The molecule has 3 aliphatic heterocycles. The summed E-state index contributed by atoms with van der Waals surface area (Å²) in [7, 11) is 4.42. The molecule has 76 heavy (non-hydrogen) atoms. The smallest absolute Gasteiger partial charge is 0.319 e. The van der Waals surface area contributed by atoms with Gasteiger partial charge in [0.1, 0.15) is 35.0 Å². The second-order valence-corrected chi connectivity index (χ2v) is 18.8. The van der Waals surface area contributed by atoms with Gasteiger partial charge in [0.15, 0.2) is 12.3 Å². The van der Waals surface area contributed by atoms with Gasteiger partial charge in [-0.3, -0.25) is 58.2 Å². The van der Waals surface area contributed by atoms with Gasteiger partial charge in [-0.05, 0) is 67.6 Å². The first-order valence-electron chi connectivity index (χ1n) is 24.1. The van der Waals surface area contributed by atoms with Crippen LogP contribution in [0.1, 0.15) is 99.1 Å². The number of hydrogen-bond acceptors (Lipinski definition) is 16. The Morgan fingerprint density at radius 3 is 2.36 bits per heavy atom. The van der Waals surface area contributed by atoms with E-state index in [0.29, 0.717) is 72.1 Å². The Hall–Kier alpha value is -8.51. The van der Waals surface area contributed by atoms with E-state index in [1.54, 1.807) is 42.2 Å². The molecule has 4 aromatic heterocycles. The van der Waals surface area contributed by atoms with Crippen LogP contribution in [0.4, 0.5) is 5.69 Å². The van der Waals surface area contributed by atoms with Gasteiger partial charge in [0, 0.05) is 56.9 Å². The highest BCUT2D eigenvalue weighted by atomic mass is 35.5. The fourth-order valence-corrected chi connectivity index (χ4v) is 9.60. The van der Waals surface area contributed by atoms with E-state index in [1.165, 1.54) is 60.3 Å². The minimum Gasteiger partial charge on any atom is -0.484 e. The predicted octanol–water partition coefficient (Wildman–Crippen LogP) is 3.57. The normalized spacial score (nSPS) is 15.9. The maximum atomic E-state index is 14.6. The number of carbonyl (C=O) groups is 7. The molecule has 6 aromatic rings. The van der Waals surface area contributed by atoms with Gasteiger partial charge in [0.2, 0.25) is 23.6 Å². The van der Waals surface area contributed by atoms with E-state index < -0.39 is 53.1 Å². The Labute approximate surface area is 442 Å². The van der Waals surface area contributed by atoms with E-state index >= 15 is 0 Å². The largest absolute Gasteiger partial charge is 0.484 e. The minimum absolute atomic E-state index is 0.00333. The maximum Gasteiger partial charge on any atom is 0.319 e. The van der Waals surface area contributed by atoms with E-state index in [2.05, 4.69) is 36.2 Å². The van der Waals surface area contributed by atoms with Crippen LogP contribution in [0.2, 0.25) is 10.0 Å². The molecule has 3 aliphatic rings. The first-order valence-corrected chi connectivity index (χ1v) is 24.8. The Kier molecular flexibility index (Phi) is 15.5. The van der Waals surface area contributed by atoms with Gasteiger partial charge in [-0.1, -0.05) is 47.0 Å². The number of pyridine rings is 1. The number of hydrogen-bond donors (Lipinski definition) is 3. The van der Waals surface area contributed by atoms with Crippen molar-refractivity contribution in [3.05, 3.63) is 121 Å². The van der Waals surface area contributed by atoms with Gasteiger partial charge >= 0.3 is 6.01 Å². The molecule has 2 atom stereocenters. The Morgan fingerprint density at radius 2 is 1.59 bits per heavy atom. The molecule has 1 saturated heterocycles. The molecule has 1 unspecified atom stereocenters. The fourth-order valence-electron chi connectivity index (χ4n) is 9.22. The SMILES string of the molecule is COc1ncc(-c2nc3c(n2CCCn2cc(CNC(=O)CCCCCNC(=O)COc4ccc5c(c4)C(=O)N(C4CCC(=O)NC4=O)C5=O)nn2)[C@H](c2ccc(Cl)cc2)N(c2cc(Cl)cn(C)c2=O)C3=O)c(OC)n1. The van der Waals surface area contributed by atoms with E-state index in [0.717, 1.165) is 4.90 Å². The number of imidazole rings is 1. The van der Waals surface area contributed by atoms with Crippen molar-refractivity contribution >= 4 is 70.2 Å². The lowest BCUT2D eigenvalue weighted by Crippen LogP contribution is -2.54. The highest BCUT2D eigenvalue weighted by Gasteiger charge is 2.47. The number of aryl methyl sites for hydroxylation is 2. The molecule has 0 radical (unpaired) electrons. The number of piperidine rings is 1. The summed E-state index contributed by atoms with van der Waals surface area (Å²) in [5, 5.41) is 17.0. The second-order valence-electron chi connectivity index (χ2n) is 17.9. The third-order valence-electron chi connectivity index (χ3n) is 12.9. The van der Waals surface area contributed by atoms with Crippen LogP contribution in [-0.4, -0.2) is 119 Å². The molecule has 394 valence electrons. The number of amides is 7. The topological polar surface area (TPSA) is 286 Å². The highest BCUT2D eigenvalue weighted by molar-refractivity contribution is 6.31. The molecule has 1 fully saturated rings. The number of unbranched alkanes of at least 4 members (excludes halogenated alkanes) is 2. The summed E-state index contributed by atoms with van der Waals surface area (Å²) in [5.41, 5.74) is 1.92. The van der Waals surface area contributed by atoms with Crippen LogP contribution in [0.25, 0.3) is 11.4 Å². The van der Waals surface area contributed by atoms with Crippen LogP contribution in [0.15, 0.2) is 71.9 Å². The summed E-state index contributed by atoms with van der Waals surface area (Å²) in [6, 6.07) is 10.7. The zero-order valence-electron chi connectivity index (χ0n) is 41.2. The summed E-state index contributed by atoms with van der Waals surface area (Å²) >= 11 is 12.8. The van der Waals surface area contributed by atoms with E-state index in [1.807, 2.05) is 4.57 Å². The zero-order chi connectivity index (χ0) is 53.8. The maximum absolute atomic E-state index is 14.6. The molecule has 7 heterocycles. The third-order valence-corrected chi connectivity index (χ3v) is 13.3. The molecule has 0 aliphatic carbocycles. The van der Waals surface area contributed by atoms with Crippen molar-refractivity contribution in [2.24, 2.45) is 7.05 Å². The van der Waals surface area contributed by atoms with E-state index in [9.17, 15) is 38.4 Å². The molecule has 3 N–H and O–H groups in total. The molecule has 0 bridgehead atoms. The van der Waals surface area contributed by atoms with Crippen LogP contribution in [0.3, 0.4) is 0 Å². The summed E-state index contributed by atoms with van der Waals surface area (Å²) in [5.74, 6) is -2.95. The van der Waals surface area contributed by atoms with Gasteiger partial charge in [0.25, 0.3) is 29.2 Å². The fraction of sp³-hybridized carbons (Fsp3) is 0.340. The van der Waals surface area contributed by atoms with E-state index in [4.69, 9.17) is 42.4 Å². The zero-order valence-corrected chi connectivity index (χ0v) is 42.7. The molecule has 24 nitrogen and oxygen atoms in total. The Balaban J connectivity index is 0.765. The number of fused-ring (bicyclic) bond motifs is 2. The Morgan fingerprint density at radius 1 is 0.803 bits per heavy atom. The monoisotopic (exact) mass is 1080 g/mol. The molecule has 7 amide bonds. The van der Waals surface area contributed by atoms with Crippen molar-refractivity contribution in [1.82, 2.24) is 59.9 Å². The van der Waals surface area contributed by atoms with Gasteiger partial charge < -0.3 is 34.0 Å². The molecular weight excluding hydrogens is 1030 g/mol. The van der Waals surface area contributed by atoms with Crippen LogP contribution in [0, 0.1) is 0 Å². The van der Waals surface area contributed by atoms with Crippen molar-refractivity contribution in [2.45, 2.75) is 76.7 Å². The number of methoxy groups -OCH3 is 2. The lowest BCUT2D eigenvalue weighted by Gasteiger charge is -2.27. The van der Waals surface area contributed by atoms with Gasteiger partial charge in [-0.25, -0.2) is 9.97 Å². The Bertz CT molecular complexity index is 3360. The average molecular weight is 1080 g/mol. The summed E-state index contributed by atoms with van der Waals surface area (Å²) in [6.45, 7) is 0.782. The molecule has 9 rings (SSSR count). The average Bonchev–Trinajstić information content (AvgIpc) is 4.26. The van der Waals surface area contributed by atoms with Crippen LogP contribution in [-0.2, 0) is 45.9 Å². The standard InChI is InChI=1S/C50H49Cl2N13O11/c1-61-24-29(52)20-36(48(61)72)64-41(27-9-11-28(51)12-10-27)42-40(49(64)73)57-43(34-23-55-50(75-3)58-45(34)74-2)63(42)19-7-18-62-25-30(59-60-62)22-54-37(66)8-5-4-6-17-53-39(68)26-76-31-13-14-32-33(21-31)47(71)65(46(32)70)35-15-16-38(67)56-44(35)69/h9-14,20-21,23-25,35,41H,4-8,15-19,22,26H2,1-3H3,(H,53,68)(H,54,66)(H,56,67,69)/t35?,41-/m0/s1. The van der Waals surface area contributed by atoms with Crippen molar-refractivity contribution in [3.63, 3.8) is 0 Å². The van der Waals surface area contributed by atoms with Gasteiger partial charge in [-0.15, -0.1) is 5.10 Å². The van der Waals surface area contributed by atoms with Crippen LogP contribution in [0.5, 0.6) is 17.6 Å². The molecule has 0 spiro atoms. The third kappa shape index (κ3) is 10.8. The summed E-state index contributed by atoms with van der Waals surface area (Å²) in [4.78, 5) is 119. The second kappa shape index (κ2) is 22.5. The van der Waals surface area contributed by atoms with Crippen LogP contribution >= 0.6 is 23.2 Å². The van der Waals surface area contributed by atoms with E-state index in [-0.39, 0.29) is 90.0 Å². The van der Waals surface area contributed by atoms with Crippen LogP contribution < -0.4 is 40.6 Å². The first kappa shape index (κ1) is 52.4. The quantitative estimate of drug-likeness (QED) is 0.0686. The number of nitrogens with one attached hydrogen (secondary N) is 3. The number of nitrogens with zero attached hydrogens (tertiary/aromatic N) is 10. The number of imide groups is 2. The first-order chi connectivity index (χ1) is 36.6. The van der Waals surface area contributed by atoms with Crippen molar-refractivity contribution in [1.29, 1.82) is 0 Å². The number of benzene rings is 2. The lowest BCUT2D eigenvalue weighted by atomic mass is 10.0. The minimum atomic E-state index is -1.10. The number of ether oxygens (including phenoxy) is 3.